The predicted octanol–water partition coefficient (Wildman–Crippen LogP) is 5.24. The van der Waals surface area contributed by atoms with Gasteiger partial charge in [0.05, 0.1) is 16.4 Å². The number of thiazole rings is 1. The molecule has 0 unspecified atom stereocenters. The Kier molecular flexibility index (Phi) is 5.36. The molecule has 0 aliphatic heterocycles. The van der Waals surface area contributed by atoms with Gasteiger partial charge in [0, 0.05) is 6.04 Å². The summed E-state index contributed by atoms with van der Waals surface area (Å²) in [6.45, 7) is 1.81. The quantitative estimate of drug-likeness (QED) is 0.776. The van der Waals surface area contributed by atoms with E-state index >= 15 is 0 Å². The van der Waals surface area contributed by atoms with Crippen LogP contribution in [0.15, 0.2) is 18.2 Å². The van der Waals surface area contributed by atoms with Crippen LogP contribution >= 0.6 is 22.9 Å². The van der Waals surface area contributed by atoms with E-state index in [0.717, 1.165) is 18.0 Å². The largest absolute Gasteiger partial charge is 0.359 e. The van der Waals surface area contributed by atoms with E-state index in [2.05, 4.69) is 15.6 Å². The minimum absolute atomic E-state index is 0.172. The van der Waals surface area contributed by atoms with Crippen molar-refractivity contribution in [2.24, 2.45) is 0 Å². The number of nitrogens with one attached hydrogen (secondary N) is 2. The van der Waals surface area contributed by atoms with Crippen molar-refractivity contribution < 1.29 is 9.18 Å². The molecule has 2 aromatic rings. The lowest BCUT2D eigenvalue weighted by atomic mass is 9.96. The zero-order valence-electron chi connectivity index (χ0n) is 13.4. The van der Waals surface area contributed by atoms with E-state index in [1.165, 1.54) is 48.8 Å². The summed E-state index contributed by atoms with van der Waals surface area (Å²) in [7, 11) is 0. The van der Waals surface area contributed by atoms with Crippen molar-refractivity contribution >= 4 is 39.7 Å². The highest BCUT2D eigenvalue weighted by Gasteiger charge is 2.19. The molecule has 0 spiro atoms. The summed E-state index contributed by atoms with van der Waals surface area (Å²) < 4.78 is 13.1. The fourth-order valence-corrected chi connectivity index (χ4v) is 4.01. The predicted molar refractivity (Wildman–Crippen MR) is 96.7 cm³/mol. The molecule has 0 atom stereocenters. The molecule has 1 heterocycles. The van der Waals surface area contributed by atoms with Gasteiger partial charge in [-0.25, -0.2) is 9.37 Å². The van der Waals surface area contributed by atoms with Crippen molar-refractivity contribution in [1.29, 1.82) is 0 Å². The van der Waals surface area contributed by atoms with Gasteiger partial charge in [0.2, 0.25) is 0 Å². The van der Waals surface area contributed by atoms with Crippen LogP contribution in [0.1, 0.15) is 47.5 Å². The minimum atomic E-state index is -0.439. The third-order valence-corrected chi connectivity index (χ3v) is 5.52. The molecule has 0 saturated heterocycles. The van der Waals surface area contributed by atoms with Crippen molar-refractivity contribution in [1.82, 2.24) is 4.98 Å². The van der Waals surface area contributed by atoms with Crippen LogP contribution in [0.25, 0.3) is 0 Å². The number of aromatic nitrogens is 1. The van der Waals surface area contributed by atoms with Crippen LogP contribution < -0.4 is 10.6 Å². The molecule has 0 radical (unpaired) electrons. The molecule has 2 N–H and O–H groups in total. The summed E-state index contributed by atoms with van der Waals surface area (Å²) in [4.78, 5) is 17.5. The molecule has 1 aromatic carbocycles. The number of benzene rings is 1. The molecule has 7 heteroatoms. The summed E-state index contributed by atoms with van der Waals surface area (Å²) in [5.74, 6) is -0.721. The van der Waals surface area contributed by atoms with Gasteiger partial charge < -0.3 is 10.6 Å². The number of nitrogens with zero attached hydrogens (tertiary/aromatic N) is 1. The highest BCUT2D eigenvalue weighted by atomic mass is 35.5. The van der Waals surface area contributed by atoms with Crippen molar-refractivity contribution in [2.45, 2.75) is 45.1 Å². The second kappa shape index (κ2) is 7.49. The molecule has 24 heavy (non-hydrogen) atoms. The highest BCUT2D eigenvalue weighted by Crippen LogP contribution is 2.29. The molecule has 1 aromatic heterocycles. The molecule has 1 aliphatic carbocycles. The molecule has 128 valence electrons. The number of carbonyl (C=O) groups is 1. The molecular formula is C17H19ClFN3OS. The lowest BCUT2D eigenvalue weighted by molar-refractivity contribution is 0.103. The van der Waals surface area contributed by atoms with Crippen LogP contribution in [-0.2, 0) is 0 Å². The Hall–Kier alpha value is -1.66. The highest BCUT2D eigenvalue weighted by molar-refractivity contribution is 7.17. The standard InChI is InChI=1S/C17H19ClFN3OS/c1-10-15(16(23)22-14-8-7-11(19)9-13(14)18)24-17(20-10)21-12-5-3-2-4-6-12/h7-9,12H,2-6H2,1H3,(H,20,21)(H,22,23). The van der Waals surface area contributed by atoms with Gasteiger partial charge in [-0.15, -0.1) is 0 Å². The molecule has 1 amide bonds. The molecule has 3 rings (SSSR count). The zero-order valence-corrected chi connectivity index (χ0v) is 14.9. The smallest absolute Gasteiger partial charge is 0.267 e. The summed E-state index contributed by atoms with van der Waals surface area (Å²) in [5, 5.41) is 7.09. The van der Waals surface area contributed by atoms with Crippen LogP contribution in [0.4, 0.5) is 15.2 Å². The Morgan fingerprint density at radius 2 is 2.08 bits per heavy atom. The number of hydrogen-bond donors (Lipinski definition) is 2. The normalized spacial score (nSPS) is 15.3. The van der Waals surface area contributed by atoms with Gasteiger partial charge >= 0.3 is 0 Å². The summed E-state index contributed by atoms with van der Waals surface area (Å²) >= 11 is 7.29. The van der Waals surface area contributed by atoms with Gasteiger partial charge in [-0.3, -0.25) is 4.79 Å². The van der Waals surface area contributed by atoms with Gasteiger partial charge in [-0.05, 0) is 38.0 Å². The number of hydrogen-bond acceptors (Lipinski definition) is 4. The Morgan fingerprint density at radius 1 is 1.33 bits per heavy atom. The van der Waals surface area contributed by atoms with Crippen molar-refractivity contribution in [3.05, 3.63) is 39.6 Å². The third-order valence-electron chi connectivity index (χ3n) is 4.11. The molecule has 0 bridgehead atoms. The van der Waals surface area contributed by atoms with Gasteiger partial charge in [0.25, 0.3) is 5.91 Å². The summed E-state index contributed by atoms with van der Waals surface area (Å²) in [6, 6.07) is 4.32. The number of amides is 1. The van der Waals surface area contributed by atoms with Crippen LogP contribution in [0.3, 0.4) is 0 Å². The summed E-state index contributed by atoms with van der Waals surface area (Å²) in [6.07, 6.45) is 6.05. The van der Waals surface area contributed by atoms with Gasteiger partial charge in [0.15, 0.2) is 5.13 Å². The number of rotatable bonds is 4. The van der Waals surface area contributed by atoms with Crippen molar-refractivity contribution in [2.75, 3.05) is 10.6 Å². The van der Waals surface area contributed by atoms with Crippen LogP contribution in [0.5, 0.6) is 0 Å². The van der Waals surface area contributed by atoms with E-state index in [1.54, 1.807) is 0 Å². The van der Waals surface area contributed by atoms with E-state index in [1.807, 2.05) is 6.92 Å². The molecule has 1 aliphatic rings. The number of anilines is 2. The lowest BCUT2D eigenvalue weighted by Crippen LogP contribution is -2.21. The first-order valence-corrected chi connectivity index (χ1v) is 9.23. The van der Waals surface area contributed by atoms with Gasteiger partial charge in [-0.1, -0.05) is 42.2 Å². The Balaban J connectivity index is 1.70. The second-order valence-electron chi connectivity index (χ2n) is 5.99. The lowest BCUT2D eigenvalue weighted by Gasteiger charge is -2.22. The van der Waals surface area contributed by atoms with Gasteiger partial charge in [-0.2, -0.15) is 0 Å². The van der Waals surface area contributed by atoms with Gasteiger partial charge in [0.1, 0.15) is 10.7 Å². The topological polar surface area (TPSA) is 54.0 Å². The second-order valence-corrected chi connectivity index (χ2v) is 7.40. The van der Waals surface area contributed by atoms with Crippen LogP contribution in [0, 0.1) is 12.7 Å². The first-order valence-electron chi connectivity index (χ1n) is 8.03. The first-order chi connectivity index (χ1) is 11.5. The number of carbonyl (C=O) groups excluding carboxylic acids is 1. The van der Waals surface area contributed by atoms with E-state index in [-0.39, 0.29) is 10.9 Å². The van der Waals surface area contributed by atoms with Crippen molar-refractivity contribution in [3.63, 3.8) is 0 Å². The Morgan fingerprint density at radius 3 is 2.79 bits per heavy atom. The minimum Gasteiger partial charge on any atom is -0.359 e. The van der Waals surface area contributed by atoms with Crippen LogP contribution in [0.2, 0.25) is 5.02 Å². The van der Waals surface area contributed by atoms with E-state index in [4.69, 9.17) is 11.6 Å². The van der Waals surface area contributed by atoms with Crippen LogP contribution in [-0.4, -0.2) is 16.9 Å². The maximum atomic E-state index is 13.1. The van der Waals surface area contributed by atoms with E-state index in [0.29, 0.717) is 22.3 Å². The fourth-order valence-electron chi connectivity index (χ4n) is 2.86. The van der Waals surface area contributed by atoms with E-state index in [9.17, 15) is 9.18 Å². The molecule has 1 fully saturated rings. The third kappa shape index (κ3) is 4.05. The molecule has 4 nitrogen and oxygen atoms in total. The van der Waals surface area contributed by atoms with Crippen molar-refractivity contribution in [3.8, 4) is 0 Å². The average molecular weight is 368 g/mol. The maximum absolute atomic E-state index is 13.1. The SMILES string of the molecule is Cc1nc(NC2CCCCC2)sc1C(=O)Nc1ccc(F)cc1Cl. The molecular weight excluding hydrogens is 349 g/mol. The van der Waals surface area contributed by atoms with E-state index < -0.39 is 5.82 Å². The Labute approximate surface area is 149 Å². The molecule has 1 saturated carbocycles. The fraction of sp³-hybridized carbons (Fsp3) is 0.412. The zero-order chi connectivity index (χ0) is 17.1. The Bertz CT molecular complexity index is 743. The number of aryl methyl sites for hydroxylation is 1. The maximum Gasteiger partial charge on any atom is 0.267 e. The monoisotopic (exact) mass is 367 g/mol. The summed E-state index contributed by atoms with van der Waals surface area (Å²) in [5.41, 5.74) is 1.06. The number of halogens is 2. The first kappa shape index (κ1) is 17.2. The average Bonchev–Trinajstić information content (AvgIpc) is 2.91.